The third-order valence-electron chi connectivity index (χ3n) is 2.30. The lowest BCUT2D eigenvalue weighted by Crippen LogP contribution is -2.26. The summed E-state index contributed by atoms with van der Waals surface area (Å²) < 4.78 is 5.06. The normalized spacial score (nSPS) is 10.3. The minimum absolute atomic E-state index is 0.0177. The zero-order valence-corrected chi connectivity index (χ0v) is 10.3. The number of phenols is 1. The van der Waals surface area contributed by atoms with Gasteiger partial charge in [0.15, 0.2) is 0 Å². The molecule has 0 bridgehead atoms. The third kappa shape index (κ3) is 6.22. The zero-order valence-electron chi connectivity index (χ0n) is 10.3. The number of hydrogen-bond donors (Lipinski definition) is 3. The number of hydrogen-bond acceptors (Lipinski definition) is 4. The molecule has 5 nitrogen and oxygen atoms in total. The van der Waals surface area contributed by atoms with E-state index in [0.29, 0.717) is 26.2 Å². The van der Waals surface area contributed by atoms with Crippen LogP contribution >= 0.6 is 0 Å². The predicted molar refractivity (Wildman–Crippen MR) is 67.3 cm³/mol. The molecule has 1 aromatic carbocycles. The van der Waals surface area contributed by atoms with Gasteiger partial charge in [-0.15, -0.1) is 0 Å². The summed E-state index contributed by atoms with van der Waals surface area (Å²) in [6, 6.07) is 6.65. The minimum atomic E-state index is -0.0808. The molecule has 0 saturated heterocycles. The van der Waals surface area contributed by atoms with Crippen molar-refractivity contribution in [3.05, 3.63) is 29.8 Å². The van der Waals surface area contributed by atoms with E-state index in [1.807, 2.05) is 0 Å². The second kappa shape index (κ2) is 8.49. The first kappa shape index (κ1) is 14.5. The van der Waals surface area contributed by atoms with Gasteiger partial charge in [-0.2, -0.15) is 0 Å². The largest absolute Gasteiger partial charge is 0.508 e. The maximum Gasteiger partial charge on any atom is 0.224 e. The molecule has 1 amide bonds. The molecule has 0 fully saturated rings. The molecule has 0 spiro atoms. The maximum absolute atomic E-state index is 11.5. The van der Waals surface area contributed by atoms with E-state index in [9.17, 15) is 9.90 Å². The molecular formula is C13H19NO4. The highest BCUT2D eigenvalue weighted by molar-refractivity contribution is 5.78. The molecule has 0 aliphatic carbocycles. The molecular weight excluding hydrogens is 234 g/mol. The molecule has 100 valence electrons. The van der Waals surface area contributed by atoms with Crippen molar-refractivity contribution in [1.29, 1.82) is 0 Å². The second-order valence-electron chi connectivity index (χ2n) is 3.89. The van der Waals surface area contributed by atoms with Crippen molar-refractivity contribution in [2.24, 2.45) is 0 Å². The number of aromatic hydroxyl groups is 1. The summed E-state index contributed by atoms with van der Waals surface area (Å²) in [5, 5.41) is 20.5. The van der Waals surface area contributed by atoms with E-state index in [4.69, 9.17) is 9.84 Å². The van der Waals surface area contributed by atoms with E-state index in [0.717, 1.165) is 5.56 Å². The number of rotatable bonds is 8. The van der Waals surface area contributed by atoms with Gasteiger partial charge in [-0.25, -0.2) is 0 Å². The van der Waals surface area contributed by atoms with E-state index >= 15 is 0 Å². The average molecular weight is 253 g/mol. The lowest BCUT2D eigenvalue weighted by Gasteiger charge is -2.06. The molecule has 0 radical (unpaired) electrons. The van der Waals surface area contributed by atoms with Gasteiger partial charge in [0.1, 0.15) is 5.75 Å². The number of amides is 1. The number of carbonyl (C=O) groups is 1. The van der Waals surface area contributed by atoms with Gasteiger partial charge < -0.3 is 20.3 Å². The Morgan fingerprint density at radius 2 is 2.17 bits per heavy atom. The van der Waals surface area contributed by atoms with Crippen molar-refractivity contribution >= 4 is 5.91 Å². The van der Waals surface area contributed by atoms with Crippen molar-refractivity contribution in [1.82, 2.24) is 5.32 Å². The molecule has 0 aliphatic rings. The van der Waals surface area contributed by atoms with E-state index in [2.05, 4.69) is 5.32 Å². The van der Waals surface area contributed by atoms with Gasteiger partial charge in [0, 0.05) is 13.2 Å². The highest BCUT2D eigenvalue weighted by atomic mass is 16.5. The first-order valence-electron chi connectivity index (χ1n) is 5.95. The fourth-order valence-corrected chi connectivity index (χ4v) is 1.48. The Balaban J connectivity index is 2.14. The fourth-order valence-electron chi connectivity index (χ4n) is 1.48. The Labute approximate surface area is 106 Å². The van der Waals surface area contributed by atoms with E-state index < -0.39 is 0 Å². The Kier molecular flexibility index (Phi) is 6.83. The quantitative estimate of drug-likeness (QED) is 0.588. The van der Waals surface area contributed by atoms with Gasteiger partial charge in [-0.3, -0.25) is 4.79 Å². The number of aliphatic hydroxyl groups excluding tert-OH is 1. The van der Waals surface area contributed by atoms with Crippen LogP contribution < -0.4 is 5.32 Å². The molecule has 0 saturated carbocycles. The molecule has 3 N–H and O–H groups in total. The van der Waals surface area contributed by atoms with Crippen LogP contribution in [-0.4, -0.2) is 42.5 Å². The maximum atomic E-state index is 11.5. The predicted octanol–water partition coefficient (Wildman–Crippen LogP) is 0.450. The highest BCUT2D eigenvalue weighted by Crippen LogP contribution is 2.11. The zero-order chi connectivity index (χ0) is 13.2. The van der Waals surface area contributed by atoms with Crippen molar-refractivity contribution in [2.75, 3.05) is 26.4 Å². The standard InChI is InChI=1S/C13H19NO4/c15-6-8-18-7-2-5-14-13(17)10-11-3-1-4-12(16)9-11/h1,3-4,9,15-16H,2,5-8,10H2,(H,14,17). The molecule has 5 heteroatoms. The van der Waals surface area contributed by atoms with Crippen LogP contribution in [-0.2, 0) is 16.0 Å². The number of aliphatic hydroxyl groups is 1. The minimum Gasteiger partial charge on any atom is -0.508 e. The molecule has 0 heterocycles. The van der Waals surface area contributed by atoms with Gasteiger partial charge in [0.05, 0.1) is 19.6 Å². The Bertz CT molecular complexity index is 368. The summed E-state index contributed by atoms with van der Waals surface area (Å²) in [6.07, 6.45) is 0.970. The first-order valence-corrected chi connectivity index (χ1v) is 5.95. The number of phenolic OH excluding ortho intramolecular Hbond substituents is 1. The van der Waals surface area contributed by atoms with Crippen molar-refractivity contribution in [3.63, 3.8) is 0 Å². The monoisotopic (exact) mass is 253 g/mol. The summed E-state index contributed by atoms with van der Waals surface area (Å²) in [7, 11) is 0. The molecule has 0 aromatic heterocycles. The van der Waals surface area contributed by atoms with Gasteiger partial charge in [-0.05, 0) is 24.1 Å². The lowest BCUT2D eigenvalue weighted by atomic mass is 10.1. The van der Waals surface area contributed by atoms with Crippen LogP contribution in [0.1, 0.15) is 12.0 Å². The lowest BCUT2D eigenvalue weighted by molar-refractivity contribution is -0.120. The van der Waals surface area contributed by atoms with Crippen LogP contribution in [0.5, 0.6) is 5.75 Å². The van der Waals surface area contributed by atoms with E-state index in [-0.39, 0.29) is 24.7 Å². The smallest absolute Gasteiger partial charge is 0.224 e. The average Bonchev–Trinajstić information content (AvgIpc) is 2.33. The Morgan fingerprint density at radius 1 is 1.33 bits per heavy atom. The third-order valence-corrected chi connectivity index (χ3v) is 2.30. The summed E-state index contributed by atoms with van der Waals surface area (Å²) in [6.45, 7) is 1.41. The summed E-state index contributed by atoms with van der Waals surface area (Å²) >= 11 is 0. The number of benzene rings is 1. The van der Waals surface area contributed by atoms with Crippen LogP contribution in [0.2, 0.25) is 0 Å². The number of nitrogens with one attached hydrogen (secondary N) is 1. The topological polar surface area (TPSA) is 78.8 Å². The molecule has 0 atom stereocenters. The van der Waals surface area contributed by atoms with Crippen LogP contribution in [0.15, 0.2) is 24.3 Å². The van der Waals surface area contributed by atoms with Crippen molar-refractivity contribution in [3.8, 4) is 5.75 Å². The van der Waals surface area contributed by atoms with Gasteiger partial charge in [0.2, 0.25) is 5.91 Å². The summed E-state index contributed by atoms with van der Waals surface area (Å²) in [5.74, 6) is 0.0838. The van der Waals surface area contributed by atoms with E-state index in [1.54, 1.807) is 24.3 Å². The second-order valence-corrected chi connectivity index (χ2v) is 3.89. The van der Waals surface area contributed by atoms with Crippen LogP contribution in [0, 0.1) is 0 Å². The molecule has 1 rings (SSSR count). The first-order chi connectivity index (χ1) is 8.72. The Hall–Kier alpha value is -1.59. The fraction of sp³-hybridized carbons (Fsp3) is 0.462. The van der Waals surface area contributed by atoms with Crippen molar-refractivity contribution in [2.45, 2.75) is 12.8 Å². The molecule has 0 unspecified atom stereocenters. The molecule has 1 aromatic rings. The highest BCUT2D eigenvalue weighted by Gasteiger charge is 2.03. The number of carbonyl (C=O) groups excluding carboxylic acids is 1. The van der Waals surface area contributed by atoms with Gasteiger partial charge in [-0.1, -0.05) is 12.1 Å². The van der Waals surface area contributed by atoms with E-state index in [1.165, 1.54) is 0 Å². The van der Waals surface area contributed by atoms with Crippen LogP contribution in [0.4, 0.5) is 0 Å². The van der Waals surface area contributed by atoms with Gasteiger partial charge in [0.25, 0.3) is 0 Å². The Morgan fingerprint density at radius 3 is 2.89 bits per heavy atom. The SMILES string of the molecule is O=C(Cc1cccc(O)c1)NCCCOCCO. The molecule has 18 heavy (non-hydrogen) atoms. The summed E-state index contributed by atoms with van der Waals surface area (Å²) in [4.78, 5) is 11.5. The molecule has 0 aliphatic heterocycles. The summed E-state index contributed by atoms with van der Waals surface area (Å²) in [5.41, 5.74) is 0.782. The van der Waals surface area contributed by atoms with Gasteiger partial charge >= 0.3 is 0 Å². The van der Waals surface area contributed by atoms with Crippen LogP contribution in [0.3, 0.4) is 0 Å². The number of ether oxygens (including phenoxy) is 1. The van der Waals surface area contributed by atoms with Crippen LogP contribution in [0.25, 0.3) is 0 Å². The van der Waals surface area contributed by atoms with Crippen molar-refractivity contribution < 1.29 is 19.7 Å².